The van der Waals surface area contributed by atoms with E-state index in [4.69, 9.17) is 4.74 Å². The Kier molecular flexibility index (Phi) is 5.20. The van der Waals surface area contributed by atoms with Gasteiger partial charge >= 0.3 is 0 Å². The van der Waals surface area contributed by atoms with Gasteiger partial charge in [0.1, 0.15) is 0 Å². The van der Waals surface area contributed by atoms with Crippen molar-refractivity contribution in [3.63, 3.8) is 0 Å². The molecule has 0 heterocycles. The average molecular weight is 350 g/mol. The summed E-state index contributed by atoms with van der Waals surface area (Å²) in [6.45, 7) is 8.49. The maximum atomic E-state index is 10.6. The van der Waals surface area contributed by atoms with Crippen LogP contribution in [0.15, 0.2) is 23.8 Å². The first kappa shape index (κ1) is 19.1. The van der Waals surface area contributed by atoms with Gasteiger partial charge in [-0.2, -0.15) is 0 Å². The number of aliphatic hydroxyl groups excluding tert-OH is 3. The van der Waals surface area contributed by atoms with Crippen LogP contribution < -0.4 is 0 Å². The molecule has 7 unspecified atom stereocenters. The van der Waals surface area contributed by atoms with Crippen LogP contribution in [0.5, 0.6) is 0 Å². The zero-order chi connectivity index (χ0) is 18.4. The first-order valence-electron chi connectivity index (χ1n) is 9.63. The molecule has 0 aromatic heterocycles. The van der Waals surface area contributed by atoms with Crippen molar-refractivity contribution >= 4 is 0 Å². The molecule has 0 aromatic rings. The molecule has 4 heteroatoms. The highest BCUT2D eigenvalue weighted by Crippen LogP contribution is 2.62. The molecule has 0 aromatic carbocycles. The third kappa shape index (κ3) is 2.73. The molecule has 3 aliphatic rings. The Bertz CT molecular complexity index is 556. The van der Waals surface area contributed by atoms with Gasteiger partial charge in [-0.1, -0.05) is 26.5 Å². The maximum Gasteiger partial charge on any atom is 0.0850 e. The number of hydrogen-bond acceptors (Lipinski definition) is 4. The topological polar surface area (TPSA) is 69.9 Å². The summed E-state index contributed by atoms with van der Waals surface area (Å²) in [4.78, 5) is 0. The number of allylic oxidation sites excluding steroid dienone is 1. The number of fused-ring (bicyclic) bond motifs is 3. The Labute approximate surface area is 151 Å². The van der Waals surface area contributed by atoms with Gasteiger partial charge in [0.15, 0.2) is 0 Å². The molecule has 3 rings (SSSR count). The molecular formula is C21H34O4. The normalized spacial score (nSPS) is 46.8. The summed E-state index contributed by atoms with van der Waals surface area (Å²) < 4.78 is 5.88. The predicted molar refractivity (Wildman–Crippen MR) is 98.0 cm³/mol. The lowest BCUT2D eigenvalue weighted by Gasteiger charge is -2.61. The molecule has 0 spiro atoms. The Morgan fingerprint density at radius 2 is 2.00 bits per heavy atom. The zero-order valence-electron chi connectivity index (χ0n) is 15.9. The molecule has 3 N–H and O–H groups in total. The molecule has 0 aliphatic heterocycles. The highest BCUT2D eigenvalue weighted by Gasteiger charge is 2.59. The maximum absolute atomic E-state index is 10.6. The van der Waals surface area contributed by atoms with E-state index in [1.54, 1.807) is 7.11 Å². The van der Waals surface area contributed by atoms with Crippen LogP contribution in [0.2, 0.25) is 0 Å². The van der Waals surface area contributed by atoms with Crippen molar-refractivity contribution in [1.82, 2.24) is 0 Å². The third-order valence-corrected chi connectivity index (χ3v) is 7.88. The fourth-order valence-corrected chi connectivity index (χ4v) is 6.26. The van der Waals surface area contributed by atoms with Gasteiger partial charge in [0.25, 0.3) is 0 Å². The Morgan fingerprint density at radius 3 is 2.60 bits per heavy atom. The molecule has 0 bridgehead atoms. The molecule has 2 fully saturated rings. The molecule has 7 atom stereocenters. The molecule has 4 nitrogen and oxygen atoms in total. The number of aliphatic hydroxyl groups is 3. The van der Waals surface area contributed by atoms with Gasteiger partial charge < -0.3 is 20.1 Å². The second kappa shape index (κ2) is 6.80. The quantitative estimate of drug-likeness (QED) is 0.682. The summed E-state index contributed by atoms with van der Waals surface area (Å²) in [7, 11) is 1.75. The van der Waals surface area contributed by atoms with Gasteiger partial charge in [0.2, 0.25) is 0 Å². The average Bonchev–Trinajstić information content (AvgIpc) is 2.63. The monoisotopic (exact) mass is 350 g/mol. The van der Waals surface area contributed by atoms with E-state index in [-0.39, 0.29) is 36.6 Å². The highest BCUT2D eigenvalue weighted by atomic mass is 16.5. The van der Waals surface area contributed by atoms with Crippen LogP contribution >= 0.6 is 0 Å². The number of ether oxygens (including phenoxy) is 1. The minimum atomic E-state index is -0.441. The van der Waals surface area contributed by atoms with Crippen LogP contribution in [0.3, 0.4) is 0 Å². The van der Waals surface area contributed by atoms with Crippen molar-refractivity contribution < 1.29 is 20.1 Å². The smallest absolute Gasteiger partial charge is 0.0850 e. The SMILES string of the molecule is C=C(CO)C1CCC2C(=CCC3C(C)(CO)C(O)CCC23C)C1OC. The first-order chi connectivity index (χ1) is 11.8. The third-order valence-electron chi connectivity index (χ3n) is 7.88. The Hall–Kier alpha value is -0.680. The summed E-state index contributed by atoms with van der Waals surface area (Å²) in [5.74, 6) is 0.867. The second-order valence-corrected chi connectivity index (χ2v) is 8.93. The second-order valence-electron chi connectivity index (χ2n) is 8.93. The summed E-state index contributed by atoms with van der Waals surface area (Å²) in [5, 5.41) is 30.2. The molecular weight excluding hydrogens is 316 g/mol. The molecule has 25 heavy (non-hydrogen) atoms. The van der Waals surface area contributed by atoms with E-state index in [9.17, 15) is 15.3 Å². The number of methoxy groups -OCH3 is 1. The summed E-state index contributed by atoms with van der Waals surface area (Å²) >= 11 is 0. The number of hydrogen-bond donors (Lipinski definition) is 3. The summed E-state index contributed by atoms with van der Waals surface area (Å²) in [6, 6.07) is 0. The van der Waals surface area contributed by atoms with E-state index in [1.807, 2.05) is 6.92 Å². The predicted octanol–water partition coefficient (Wildman–Crippen LogP) is 2.68. The van der Waals surface area contributed by atoms with Crippen molar-refractivity contribution in [2.24, 2.45) is 28.6 Å². The van der Waals surface area contributed by atoms with Crippen molar-refractivity contribution in [2.45, 2.75) is 58.2 Å². The van der Waals surface area contributed by atoms with Crippen molar-refractivity contribution in [3.05, 3.63) is 23.8 Å². The van der Waals surface area contributed by atoms with E-state index in [2.05, 4.69) is 19.6 Å². The molecule has 0 radical (unpaired) electrons. The van der Waals surface area contributed by atoms with Crippen LogP contribution in [0.25, 0.3) is 0 Å². The van der Waals surface area contributed by atoms with E-state index in [0.29, 0.717) is 5.92 Å². The lowest BCUT2D eigenvalue weighted by Crippen LogP contribution is -2.58. The lowest BCUT2D eigenvalue weighted by molar-refractivity contribution is -0.150. The fraction of sp³-hybridized carbons (Fsp3) is 0.810. The van der Waals surface area contributed by atoms with Crippen molar-refractivity contribution in [3.8, 4) is 0 Å². The standard InChI is InChI=1S/C21H34O4/c1-13(11-22)14-5-7-16-15(19(14)25-4)6-8-17-20(16,2)10-9-18(24)21(17,3)12-23/h6,14,16-19,22-24H,1,5,7-12H2,2-4H3. The van der Waals surface area contributed by atoms with Crippen LogP contribution in [0, 0.1) is 28.6 Å². The molecule has 2 saturated carbocycles. The molecule has 3 aliphatic carbocycles. The van der Waals surface area contributed by atoms with Gasteiger partial charge in [-0.05, 0) is 60.5 Å². The first-order valence-corrected chi connectivity index (χ1v) is 9.63. The van der Waals surface area contributed by atoms with Gasteiger partial charge in [-0.15, -0.1) is 0 Å². The van der Waals surface area contributed by atoms with Gasteiger partial charge in [0.05, 0.1) is 25.4 Å². The Balaban J connectivity index is 1.98. The largest absolute Gasteiger partial charge is 0.396 e. The number of rotatable bonds is 4. The zero-order valence-corrected chi connectivity index (χ0v) is 15.9. The van der Waals surface area contributed by atoms with Gasteiger partial charge in [0, 0.05) is 18.4 Å². The van der Waals surface area contributed by atoms with Crippen molar-refractivity contribution in [1.29, 1.82) is 0 Å². The van der Waals surface area contributed by atoms with Crippen LogP contribution in [-0.2, 0) is 4.74 Å². The van der Waals surface area contributed by atoms with Crippen LogP contribution in [0.4, 0.5) is 0 Å². The molecule has 0 amide bonds. The van der Waals surface area contributed by atoms with E-state index < -0.39 is 11.5 Å². The van der Waals surface area contributed by atoms with Gasteiger partial charge in [-0.25, -0.2) is 0 Å². The van der Waals surface area contributed by atoms with E-state index in [1.165, 1.54) is 5.57 Å². The molecule has 0 saturated heterocycles. The van der Waals surface area contributed by atoms with Crippen molar-refractivity contribution in [2.75, 3.05) is 20.3 Å². The summed E-state index contributed by atoms with van der Waals surface area (Å²) in [6.07, 6.45) is 6.48. The molecule has 142 valence electrons. The highest BCUT2D eigenvalue weighted by molar-refractivity contribution is 5.29. The Morgan fingerprint density at radius 1 is 1.28 bits per heavy atom. The minimum absolute atomic E-state index is 0.0107. The lowest BCUT2D eigenvalue weighted by atomic mass is 9.45. The van der Waals surface area contributed by atoms with Gasteiger partial charge in [-0.3, -0.25) is 0 Å². The van der Waals surface area contributed by atoms with Crippen LogP contribution in [-0.4, -0.2) is 47.9 Å². The van der Waals surface area contributed by atoms with E-state index in [0.717, 1.165) is 37.7 Å². The summed E-state index contributed by atoms with van der Waals surface area (Å²) in [5.41, 5.74) is 1.84. The fourth-order valence-electron chi connectivity index (χ4n) is 6.26. The minimum Gasteiger partial charge on any atom is -0.396 e. The van der Waals surface area contributed by atoms with E-state index >= 15 is 0 Å². The van der Waals surface area contributed by atoms with Crippen LogP contribution in [0.1, 0.15) is 46.0 Å².